The summed E-state index contributed by atoms with van der Waals surface area (Å²) in [6, 6.07) is 17.6. The molecule has 19 heavy (non-hydrogen) atoms. The molecule has 2 aromatic carbocycles. The van der Waals surface area contributed by atoms with Gasteiger partial charge >= 0.3 is 0 Å². The van der Waals surface area contributed by atoms with Crippen molar-refractivity contribution in [2.75, 3.05) is 5.75 Å². The molecule has 0 saturated carbocycles. The summed E-state index contributed by atoms with van der Waals surface area (Å²) in [5.41, 5.74) is 4.26. The summed E-state index contributed by atoms with van der Waals surface area (Å²) in [4.78, 5) is 0. The first-order valence-corrected chi connectivity index (χ1v) is 8.41. The van der Waals surface area contributed by atoms with Crippen LogP contribution in [0.25, 0.3) is 0 Å². The lowest BCUT2D eigenvalue weighted by atomic mass is 10.0. The highest BCUT2D eigenvalue weighted by molar-refractivity contribution is 9.10. The van der Waals surface area contributed by atoms with Crippen molar-refractivity contribution in [1.29, 1.82) is 0 Å². The highest BCUT2D eigenvalue weighted by atomic mass is 79.9. The minimum absolute atomic E-state index is 0.460. The molecular formula is C16H16BrNS. The normalized spacial score (nSPS) is 18.1. The van der Waals surface area contributed by atoms with E-state index in [0.29, 0.717) is 6.04 Å². The zero-order chi connectivity index (χ0) is 13.1. The Morgan fingerprint density at radius 3 is 2.79 bits per heavy atom. The van der Waals surface area contributed by atoms with Crippen LogP contribution in [0, 0.1) is 0 Å². The molecule has 0 bridgehead atoms. The average Bonchev–Trinajstić information content (AvgIpc) is 2.46. The summed E-state index contributed by atoms with van der Waals surface area (Å²) in [7, 11) is 0. The molecule has 1 nitrogen and oxygen atoms in total. The van der Waals surface area contributed by atoms with E-state index in [1.165, 1.54) is 21.2 Å². The maximum Gasteiger partial charge on any atom is 0.0417 e. The van der Waals surface area contributed by atoms with Crippen molar-refractivity contribution in [2.24, 2.45) is 0 Å². The lowest BCUT2D eigenvalue weighted by Crippen LogP contribution is -2.26. The number of rotatable bonds is 3. The van der Waals surface area contributed by atoms with Gasteiger partial charge in [-0.15, -0.1) is 0 Å². The number of benzene rings is 2. The predicted octanol–water partition coefficient (Wildman–Crippen LogP) is 4.53. The predicted molar refractivity (Wildman–Crippen MR) is 86.3 cm³/mol. The van der Waals surface area contributed by atoms with Crippen molar-refractivity contribution in [2.45, 2.75) is 18.3 Å². The summed E-state index contributed by atoms with van der Waals surface area (Å²) in [6.45, 7) is 0.904. The first kappa shape index (κ1) is 13.2. The standard InChI is InChI=1S/C16H16BrNS/c17-15-8-4-2-5-12(15)9-18-16-11-19-10-13-6-1-3-7-14(13)16/h1-8,16,18H,9-11H2. The monoisotopic (exact) mass is 333 g/mol. The van der Waals surface area contributed by atoms with Crippen LogP contribution in [0.2, 0.25) is 0 Å². The number of nitrogens with one attached hydrogen (secondary N) is 1. The summed E-state index contributed by atoms with van der Waals surface area (Å²) in [5.74, 6) is 2.30. The van der Waals surface area contributed by atoms with Gasteiger partial charge in [0, 0.05) is 28.6 Å². The van der Waals surface area contributed by atoms with E-state index in [0.717, 1.165) is 18.1 Å². The quantitative estimate of drug-likeness (QED) is 0.885. The molecule has 0 aliphatic carbocycles. The maximum atomic E-state index is 3.68. The zero-order valence-electron chi connectivity index (χ0n) is 10.6. The fourth-order valence-electron chi connectivity index (χ4n) is 2.43. The Bertz CT molecular complexity index is 570. The van der Waals surface area contributed by atoms with Crippen LogP contribution in [0.5, 0.6) is 0 Å². The van der Waals surface area contributed by atoms with Crippen LogP contribution in [-0.4, -0.2) is 5.75 Å². The van der Waals surface area contributed by atoms with E-state index in [4.69, 9.17) is 0 Å². The number of hydrogen-bond acceptors (Lipinski definition) is 2. The molecule has 1 atom stereocenters. The van der Waals surface area contributed by atoms with Crippen LogP contribution in [0.4, 0.5) is 0 Å². The van der Waals surface area contributed by atoms with Gasteiger partial charge in [0.15, 0.2) is 0 Å². The molecule has 3 rings (SSSR count). The fraction of sp³-hybridized carbons (Fsp3) is 0.250. The van der Waals surface area contributed by atoms with Crippen LogP contribution in [0.1, 0.15) is 22.7 Å². The van der Waals surface area contributed by atoms with Crippen molar-refractivity contribution < 1.29 is 0 Å². The van der Waals surface area contributed by atoms with E-state index in [1.807, 2.05) is 11.8 Å². The van der Waals surface area contributed by atoms with Gasteiger partial charge in [-0.25, -0.2) is 0 Å². The molecule has 98 valence electrons. The van der Waals surface area contributed by atoms with Gasteiger partial charge in [-0.2, -0.15) is 11.8 Å². The largest absolute Gasteiger partial charge is 0.305 e. The number of fused-ring (bicyclic) bond motifs is 1. The molecule has 0 fully saturated rings. The van der Waals surface area contributed by atoms with E-state index in [9.17, 15) is 0 Å². The van der Waals surface area contributed by atoms with Gasteiger partial charge in [0.1, 0.15) is 0 Å². The van der Waals surface area contributed by atoms with Gasteiger partial charge in [0.25, 0.3) is 0 Å². The van der Waals surface area contributed by atoms with Gasteiger partial charge in [-0.1, -0.05) is 58.4 Å². The molecule has 0 amide bonds. The molecule has 2 aromatic rings. The average molecular weight is 334 g/mol. The number of hydrogen-bond donors (Lipinski definition) is 1. The van der Waals surface area contributed by atoms with Gasteiger partial charge in [0.2, 0.25) is 0 Å². The first-order valence-electron chi connectivity index (χ1n) is 6.47. The molecule has 0 saturated heterocycles. The van der Waals surface area contributed by atoms with Gasteiger partial charge in [-0.05, 0) is 22.8 Å². The zero-order valence-corrected chi connectivity index (χ0v) is 13.0. The van der Waals surface area contributed by atoms with Gasteiger partial charge in [-0.3, -0.25) is 0 Å². The second-order valence-electron chi connectivity index (χ2n) is 4.74. The molecule has 0 spiro atoms. The summed E-state index contributed by atoms with van der Waals surface area (Å²) >= 11 is 5.62. The molecular weight excluding hydrogens is 318 g/mol. The Morgan fingerprint density at radius 1 is 1.11 bits per heavy atom. The third kappa shape index (κ3) is 3.04. The van der Waals surface area contributed by atoms with Crippen molar-refractivity contribution >= 4 is 27.7 Å². The third-order valence-electron chi connectivity index (χ3n) is 3.47. The molecule has 1 unspecified atom stereocenters. The molecule has 3 heteroatoms. The summed E-state index contributed by atoms with van der Waals surface area (Å²) in [5, 5.41) is 3.68. The van der Waals surface area contributed by atoms with E-state index in [2.05, 4.69) is 69.8 Å². The smallest absolute Gasteiger partial charge is 0.0417 e. The van der Waals surface area contributed by atoms with Crippen molar-refractivity contribution in [1.82, 2.24) is 5.32 Å². The Labute approximate surface area is 126 Å². The topological polar surface area (TPSA) is 12.0 Å². The van der Waals surface area contributed by atoms with Crippen LogP contribution in [0.15, 0.2) is 53.0 Å². The number of thioether (sulfide) groups is 1. The third-order valence-corrected chi connectivity index (χ3v) is 5.33. The van der Waals surface area contributed by atoms with Crippen LogP contribution < -0.4 is 5.32 Å². The minimum Gasteiger partial charge on any atom is -0.305 e. The maximum absolute atomic E-state index is 3.68. The van der Waals surface area contributed by atoms with E-state index in [-0.39, 0.29) is 0 Å². The van der Waals surface area contributed by atoms with Crippen molar-refractivity contribution in [3.63, 3.8) is 0 Å². The van der Waals surface area contributed by atoms with Crippen molar-refractivity contribution in [3.8, 4) is 0 Å². The fourth-order valence-corrected chi connectivity index (χ4v) is 3.98. The summed E-state index contributed by atoms with van der Waals surface area (Å²) in [6.07, 6.45) is 0. The van der Waals surface area contributed by atoms with Crippen molar-refractivity contribution in [3.05, 3.63) is 69.7 Å². The van der Waals surface area contributed by atoms with E-state index in [1.54, 1.807) is 0 Å². The molecule has 0 aromatic heterocycles. The first-order chi connectivity index (χ1) is 9.34. The Balaban J connectivity index is 1.73. The molecule has 1 N–H and O–H groups in total. The number of halogens is 1. The summed E-state index contributed by atoms with van der Waals surface area (Å²) < 4.78 is 1.18. The highest BCUT2D eigenvalue weighted by Crippen LogP contribution is 2.31. The van der Waals surface area contributed by atoms with Gasteiger partial charge < -0.3 is 5.32 Å². The van der Waals surface area contributed by atoms with Crippen LogP contribution >= 0.6 is 27.7 Å². The SMILES string of the molecule is Brc1ccccc1CNC1CSCc2ccccc21. The highest BCUT2D eigenvalue weighted by Gasteiger charge is 2.19. The van der Waals surface area contributed by atoms with Gasteiger partial charge in [0.05, 0.1) is 0 Å². The Morgan fingerprint density at radius 2 is 1.89 bits per heavy atom. The lowest BCUT2D eigenvalue weighted by molar-refractivity contribution is 0.574. The molecule has 1 heterocycles. The van der Waals surface area contributed by atoms with E-state index >= 15 is 0 Å². The van der Waals surface area contributed by atoms with Crippen LogP contribution in [-0.2, 0) is 12.3 Å². The molecule has 1 aliphatic heterocycles. The second-order valence-corrected chi connectivity index (χ2v) is 6.62. The second kappa shape index (κ2) is 6.12. The lowest BCUT2D eigenvalue weighted by Gasteiger charge is -2.26. The Kier molecular flexibility index (Phi) is 4.26. The minimum atomic E-state index is 0.460. The van der Waals surface area contributed by atoms with Crippen LogP contribution in [0.3, 0.4) is 0 Å². The Hall–Kier alpha value is -0.770. The molecule has 1 aliphatic rings. The molecule has 0 radical (unpaired) electrons. The van der Waals surface area contributed by atoms with E-state index < -0.39 is 0 Å².